The van der Waals surface area contributed by atoms with E-state index in [-0.39, 0.29) is 0 Å². The summed E-state index contributed by atoms with van der Waals surface area (Å²) in [6, 6.07) is 7.74. The molecule has 0 N–H and O–H groups in total. The van der Waals surface area contributed by atoms with Gasteiger partial charge in [-0.1, -0.05) is 0 Å². The van der Waals surface area contributed by atoms with Crippen molar-refractivity contribution in [2.24, 2.45) is 0 Å². The monoisotopic (exact) mass is 184 g/mol. The van der Waals surface area contributed by atoms with E-state index in [0.717, 1.165) is 11.3 Å². The van der Waals surface area contributed by atoms with Crippen molar-refractivity contribution < 1.29 is 0 Å². The summed E-state index contributed by atoms with van der Waals surface area (Å²) in [5.41, 5.74) is 2.60. The second-order valence-electron chi connectivity index (χ2n) is 3.04. The molecule has 1 heterocycles. The largest absolute Gasteiger partial charge is 0.288 e. The zero-order valence-corrected chi connectivity index (χ0v) is 7.68. The van der Waals surface area contributed by atoms with Gasteiger partial charge in [-0.05, 0) is 30.7 Å². The first kappa shape index (κ1) is 8.45. The maximum atomic E-state index is 8.79. The highest BCUT2D eigenvalue weighted by Crippen LogP contribution is 2.12. The summed E-state index contributed by atoms with van der Waals surface area (Å²) in [5, 5.41) is 16.2. The molecule has 2 rings (SSSR count). The third-order valence-corrected chi connectivity index (χ3v) is 1.91. The Morgan fingerprint density at radius 2 is 1.93 bits per heavy atom. The fourth-order valence-electron chi connectivity index (χ4n) is 1.31. The average Bonchev–Trinajstić information content (AvgIpc) is 2.69. The predicted molar refractivity (Wildman–Crippen MR) is 50.8 cm³/mol. The Morgan fingerprint density at radius 3 is 2.57 bits per heavy atom. The predicted octanol–water partition coefficient (Wildman–Crippen LogP) is 1.45. The zero-order chi connectivity index (χ0) is 9.97. The Labute approximate surface area is 81.4 Å². The first-order valence-corrected chi connectivity index (χ1v) is 4.16. The second-order valence-corrected chi connectivity index (χ2v) is 3.04. The van der Waals surface area contributed by atoms with Gasteiger partial charge in [-0.15, -0.1) is 10.2 Å². The minimum absolute atomic E-state index is 0.647. The van der Waals surface area contributed by atoms with Crippen LogP contribution in [0.4, 0.5) is 0 Å². The lowest BCUT2D eigenvalue weighted by atomic mass is 10.1. The SMILES string of the molecule is Cc1cc(C#N)cc(-n2cnnc2)c1. The Bertz CT molecular complexity index is 479. The molecule has 0 unspecified atom stereocenters. The molecule has 1 aromatic carbocycles. The molecule has 4 heteroatoms. The quantitative estimate of drug-likeness (QED) is 0.674. The summed E-state index contributed by atoms with van der Waals surface area (Å²) in [5.74, 6) is 0. The van der Waals surface area contributed by atoms with Crippen LogP contribution < -0.4 is 0 Å². The number of aryl methyl sites for hydroxylation is 1. The van der Waals surface area contributed by atoms with E-state index in [0.29, 0.717) is 5.56 Å². The molecule has 0 aliphatic rings. The Kier molecular flexibility index (Phi) is 1.99. The van der Waals surface area contributed by atoms with Crippen LogP contribution in [-0.2, 0) is 0 Å². The van der Waals surface area contributed by atoms with E-state index in [2.05, 4.69) is 16.3 Å². The lowest BCUT2D eigenvalue weighted by Gasteiger charge is -2.02. The van der Waals surface area contributed by atoms with Gasteiger partial charge in [0.2, 0.25) is 0 Å². The molecule has 0 aliphatic carbocycles. The lowest BCUT2D eigenvalue weighted by Crippen LogP contribution is -1.92. The van der Waals surface area contributed by atoms with Gasteiger partial charge in [-0.2, -0.15) is 5.26 Å². The van der Waals surface area contributed by atoms with Crippen molar-refractivity contribution in [2.45, 2.75) is 6.92 Å². The van der Waals surface area contributed by atoms with Crippen LogP contribution in [0.2, 0.25) is 0 Å². The van der Waals surface area contributed by atoms with Gasteiger partial charge in [0, 0.05) is 5.69 Å². The molecule has 0 spiro atoms. The van der Waals surface area contributed by atoms with Gasteiger partial charge < -0.3 is 0 Å². The molecular formula is C10H8N4. The van der Waals surface area contributed by atoms with Crippen LogP contribution in [-0.4, -0.2) is 14.8 Å². The average molecular weight is 184 g/mol. The maximum Gasteiger partial charge on any atom is 0.123 e. The number of aromatic nitrogens is 3. The minimum Gasteiger partial charge on any atom is -0.288 e. The van der Waals surface area contributed by atoms with E-state index in [4.69, 9.17) is 5.26 Å². The molecular weight excluding hydrogens is 176 g/mol. The van der Waals surface area contributed by atoms with Crippen molar-refractivity contribution in [3.63, 3.8) is 0 Å². The molecule has 0 amide bonds. The standard InChI is InChI=1S/C10H8N4/c1-8-2-9(5-11)4-10(3-8)14-6-12-13-7-14/h2-4,6-7H,1H3. The van der Waals surface area contributed by atoms with Crippen molar-refractivity contribution in [1.29, 1.82) is 5.26 Å². The highest BCUT2D eigenvalue weighted by atomic mass is 15.2. The van der Waals surface area contributed by atoms with Crippen molar-refractivity contribution >= 4 is 0 Å². The molecule has 0 atom stereocenters. The van der Waals surface area contributed by atoms with Crippen molar-refractivity contribution in [1.82, 2.24) is 14.8 Å². The van der Waals surface area contributed by atoms with Crippen LogP contribution in [0.25, 0.3) is 5.69 Å². The normalized spacial score (nSPS) is 9.71. The summed E-state index contributed by atoms with van der Waals surface area (Å²) >= 11 is 0. The number of rotatable bonds is 1. The van der Waals surface area contributed by atoms with Gasteiger partial charge in [0.25, 0.3) is 0 Å². The molecule has 0 saturated carbocycles. The van der Waals surface area contributed by atoms with Crippen LogP contribution in [0, 0.1) is 18.3 Å². The molecule has 68 valence electrons. The van der Waals surface area contributed by atoms with E-state index in [1.54, 1.807) is 23.3 Å². The van der Waals surface area contributed by atoms with Crippen LogP contribution in [0.15, 0.2) is 30.9 Å². The number of nitriles is 1. The van der Waals surface area contributed by atoms with E-state index in [1.165, 1.54) is 0 Å². The summed E-state index contributed by atoms with van der Waals surface area (Å²) in [7, 11) is 0. The van der Waals surface area contributed by atoms with Crippen LogP contribution in [0.5, 0.6) is 0 Å². The molecule has 14 heavy (non-hydrogen) atoms. The van der Waals surface area contributed by atoms with Crippen LogP contribution >= 0.6 is 0 Å². The highest BCUT2D eigenvalue weighted by Gasteiger charge is 1.99. The number of hydrogen-bond acceptors (Lipinski definition) is 3. The molecule has 0 saturated heterocycles. The summed E-state index contributed by atoms with van der Waals surface area (Å²) in [6.07, 6.45) is 3.21. The van der Waals surface area contributed by atoms with Crippen molar-refractivity contribution in [3.05, 3.63) is 42.0 Å². The summed E-state index contributed by atoms with van der Waals surface area (Å²) < 4.78 is 1.77. The fraction of sp³-hybridized carbons (Fsp3) is 0.100. The first-order valence-electron chi connectivity index (χ1n) is 4.16. The second kappa shape index (κ2) is 3.30. The molecule has 0 bridgehead atoms. The molecule has 0 aliphatic heterocycles. The minimum atomic E-state index is 0.647. The number of nitrogens with zero attached hydrogens (tertiary/aromatic N) is 4. The van der Waals surface area contributed by atoms with Gasteiger partial charge in [0.05, 0.1) is 11.6 Å². The van der Waals surface area contributed by atoms with Crippen molar-refractivity contribution in [3.8, 4) is 11.8 Å². The first-order chi connectivity index (χ1) is 6.79. The zero-order valence-electron chi connectivity index (χ0n) is 7.68. The van der Waals surface area contributed by atoms with Gasteiger partial charge >= 0.3 is 0 Å². The number of hydrogen-bond donors (Lipinski definition) is 0. The van der Waals surface area contributed by atoms with Gasteiger partial charge in [0.1, 0.15) is 12.7 Å². The summed E-state index contributed by atoms with van der Waals surface area (Å²) in [6.45, 7) is 1.95. The third-order valence-electron chi connectivity index (χ3n) is 1.91. The molecule has 2 aromatic rings. The Hall–Kier alpha value is -2.15. The highest BCUT2D eigenvalue weighted by molar-refractivity contribution is 5.44. The van der Waals surface area contributed by atoms with Crippen LogP contribution in [0.1, 0.15) is 11.1 Å². The third kappa shape index (κ3) is 1.48. The van der Waals surface area contributed by atoms with Crippen molar-refractivity contribution in [2.75, 3.05) is 0 Å². The summed E-state index contributed by atoms with van der Waals surface area (Å²) in [4.78, 5) is 0. The van der Waals surface area contributed by atoms with Gasteiger partial charge in [-0.25, -0.2) is 0 Å². The van der Waals surface area contributed by atoms with E-state index >= 15 is 0 Å². The maximum absolute atomic E-state index is 8.79. The topological polar surface area (TPSA) is 54.5 Å². The fourth-order valence-corrected chi connectivity index (χ4v) is 1.31. The Balaban J connectivity index is 2.55. The van der Waals surface area contributed by atoms with Crippen LogP contribution in [0.3, 0.4) is 0 Å². The van der Waals surface area contributed by atoms with Gasteiger partial charge in [0.15, 0.2) is 0 Å². The lowest BCUT2D eigenvalue weighted by molar-refractivity contribution is 1.05. The van der Waals surface area contributed by atoms with E-state index < -0.39 is 0 Å². The molecule has 4 nitrogen and oxygen atoms in total. The molecule has 1 aromatic heterocycles. The molecule has 0 radical (unpaired) electrons. The van der Waals surface area contributed by atoms with E-state index in [1.807, 2.05) is 19.1 Å². The Morgan fingerprint density at radius 1 is 1.21 bits per heavy atom. The van der Waals surface area contributed by atoms with Gasteiger partial charge in [-0.3, -0.25) is 4.57 Å². The molecule has 0 fully saturated rings. The van der Waals surface area contributed by atoms with E-state index in [9.17, 15) is 0 Å². The number of benzene rings is 1. The smallest absolute Gasteiger partial charge is 0.123 e.